The van der Waals surface area contributed by atoms with E-state index in [0.717, 1.165) is 0 Å². The van der Waals surface area contributed by atoms with Crippen molar-refractivity contribution in [3.8, 4) is 0 Å². The maximum absolute atomic E-state index is 13.3. The van der Waals surface area contributed by atoms with Gasteiger partial charge >= 0.3 is 0 Å². The van der Waals surface area contributed by atoms with Crippen LogP contribution in [0, 0.1) is 11.7 Å². The van der Waals surface area contributed by atoms with Crippen LogP contribution in [0.2, 0.25) is 0 Å². The van der Waals surface area contributed by atoms with Crippen molar-refractivity contribution in [2.75, 3.05) is 6.54 Å². The highest BCUT2D eigenvalue weighted by Gasteiger charge is 2.11. The van der Waals surface area contributed by atoms with Crippen LogP contribution in [0.1, 0.15) is 30.6 Å². The highest BCUT2D eigenvalue weighted by Crippen LogP contribution is 2.16. The summed E-state index contributed by atoms with van der Waals surface area (Å²) in [6.45, 7) is 4.11. The molecule has 1 aromatic carbocycles. The quantitative estimate of drug-likeness (QED) is 0.877. The topological polar surface area (TPSA) is 49.3 Å². The first-order valence-corrected chi connectivity index (χ1v) is 6.60. The zero-order valence-electron chi connectivity index (χ0n) is 10.4. The zero-order valence-corrected chi connectivity index (χ0v) is 12.0. The molecule has 0 bridgehead atoms. The summed E-state index contributed by atoms with van der Waals surface area (Å²) in [7, 11) is 0. The Morgan fingerprint density at radius 2 is 2.17 bits per heavy atom. The molecule has 2 N–H and O–H groups in total. The van der Waals surface area contributed by atoms with Crippen molar-refractivity contribution >= 4 is 21.8 Å². The molecular weight excluding hydrogens is 301 g/mol. The van der Waals surface area contributed by atoms with Crippen LogP contribution in [0.4, 0.5) is 4.39 Å². The molecule has 0 saturated carbocycles. The summed E-state index contributed by atoms with van der Waals surface area (Å²) >= 11 is 3.03. The van der Waals surface area contributed by atoms with Crippen LogP contribution < -0.4 is 5.32 Å². The third-order valence-corrected chi connectivity index (χ3v) is 3.18. The maximum Gasteiger partial charge on any atom is 0.251 e. The molecule has 2 unspecified atom stereocenters. The van der Waals surface area contributed by atoms with Crippen LogP contribution in [-0.4, -0.2) is 23.7 Å². The van der Waals surface area contributed by atoms with Crippen LogP contribution >= 0.6 is 15.9 Å². The number of aliphatic hydroxyl groups is 1. The van der Waals surface area contributed by atoms with Crippen LogP contribution in [0.3, 0.4) is 0 Å². The standard InChI is InChI=1S/C13H17BrFNO2/c1-8(5-9(2)17)7-16-13(18)10-3-4-11(14)12(15)6-10/h3-4,6,8-9,17H,5,7H2,1-2H3,(H,16,18). The molecule has 1 amide bonds. The number of carbonyl (C=O) groups excluding carboxylic acids is 1. The van der Waals surface area contributed by atoms with E-state index in [2.05, 4.69) is 21.2 Å². The minimum Gasteiger partial charge on any atom is -0.393 e. The van der Waals surface area contributed by atoms with Crippen molar-refractivity contribution in [3.63, 3.8) is 0 Å². The fraction of sp³-hybridized carbons (Fsp3) is 0.462. The number of rotatable bonds is 5. The predicted molar refractivity (Wildman–Crippen MR) is 71.9 cm³/mol. The molecule has 0 heterocycles. The molecule has 5 heteroatoms. The lowest BCUT2D eigenvalue weighted by Gasteiger charge is -2.14. The molecule has 3 nitrogen and oxygen atoms in total. The van der Waals surface area contributed by atoms with Crippen LogP contribution in [0.5, 0.6) is 0 Å². The van der Waals surface area contributed by atoms with Crippen molar-refractivity contribution in [3.05, 3.63) is 34.1 Å². The average Bonchev–Trinajstić information content (AvgIpc) is 2.28. The summed E-state index contributed by atoms with van der Waals surface area (Å²) < 4.78 is 13.6. The first kappa shape index (κ1) is 15.1. The third-order valence-electron chi connectivity index (χ3n) is 2.54. The van der Waals surface area contributed by atoms with Gasteiger partial charge in [0.25, 0.3) is 5.91 Å². The summed E-state index contributed by atoms with van der Waals surface area (Å²) in [6.07, 6.45) is 0.233. The van der Waals surface area contributed by atoms with E-state index < -0.39 is 5.82 Å². The van der Waals surface area contributed by atoms with E-state index in [1.165, 1.54) is 12.1 Å². The molecule has 0 aliphatic carbocycles. The van der Waals surface area contributed by atoms with Gasteiger partial charge in [0.1, 0.15) is 5.82 Å². The van der Waals surface area contributed by atoms with Gasteiger partial charge < -0.3 is 10.4 Å². The van der Waals surface area contributed by atoms with Crippen LogP contribution in [0.15, 0.2) is 22.7 Å². The monoisotopic (exact) mass is 317 g/mol. The number of benzene rings is 1. The van der Waals surface area contributed by atoms with E-state index in [1.54, 1.807) is 13.0 Å². The van der Waals surface area contributed by atoms with Gasteiger partial charge in [0, 0.05) is 12.1 Å². The minimum absolute atomic E-state index is 0.175. The van der Waals surface area contributed by atoms with Crippen molar-refractivity contribution in [1.82, 2.24) is 5.32 Å². The molecule has 0 spiro atoms. The molecular formula is C13H17BrFNO2. The Bertz CT molecular complexity index is 423. The van der Waals surface area contributed by atoms with E-state index in [1.807, 2.05) is 6.92 Å². The second-order valence-corrected chi connectivity index (χ2v) is 5.38. The second kappa shape index (κ2) is 6.85. The van der Waals surface area contributed by atoms with Crippen LogP contribution in [-0.2, 0) is 0 Å². The summed E-state index contributed by atoms with van der Waals surface area (Å²) in [5, 5.41) is 11.9. The van der Waals surface area contributed by atoms with Gasteiger partial charge in [0.15, 0.2) is 0 Å². The molecule has 100 valence electrons. The molecule has 0 aliphatic heterocycles. The van der Waals surface area contributed by atoms with E-state index in [-0.39, 0.29) is 17.9 Å². The van der Waals surface area contributed by atoms with Crippen molar-refractivity contribution < 1.29 is 14.3 Å². The maximum atomic E-state index is 13.3. The summed E-state index contributed by atoms with van der Waals surface area (Å²) in [4.78, 5) is 11.7. The number of aliphatic hydroxyl groups excluding tert-OH is 1. The summed E-state index contributed by atoms with van der Waals surface area (Å²) in [5.74, 6) is -0.590. The van der Waals surface area contributed by atoms with E-state index in [9.17, 15) is 14.3 Å². The number of hydrogen-bond donors (Lipinski definition) is 2. The SMILES string of the molecule is CC(O)CC(C)CNC(=O)c1ccc(Br)c(F)c1. The van der Waals surface area contributed by atoms with Gasteiger partial charge in [-0.15, -0.1) is 0 Å². The molecule has 0 radical (unpaired) electrons. The third kappa shape index (κ3) is 4.74. The second-order valence-electron chi connectivity index (χ2n) is 4.53. The van der Waals surface area contributed by atoms with Crippen molar-refractivity contribution in [2.24, 2.45) is 5.92 Å². The molecule has 0 aliphatic rings. The summed E-state index contributed by atoms with van der Waals surface area (Å²) in [6, 6.07) is 4.25. The Morgan fingerprint density at radius 1 is 1.50 bits per heavy atom. The molecule has 0 aromatic heterocycles. The minimum atomic E-state index is -0.459. The van der Waals surface area contributed by atoms with Crippen molar-refractivity contribution in [2.45, 2.75) is 26.4 Å². The number of hydrogen-bond acceptors (Lipinski definition) is 2. The largest absolute Gasteiger partial charge is 0.393 e. The number of carbonyl (C=O) groups is 1. The number of nitrogens with one attached hydrogen (secondary N) is 1. The first-order valence-electron chi connectivity index (χ1n) is 5.81. The van der Waals surface area contributed by atoms with Gasteiger partial charge in [-0.25, -0.2) is 4.39 Å². The fourth-order valence-electron chi connectivity index (χ4n) is 1.67. The number of amides is 1. The highest BCUT2D eigenvalue weighted by molar-refractivity contribution is 9.10. The fourth-order valence-corrected chi connectivity index (χ4v) is 1.92. The van der Waals surface area contributed by atoms with Gasteiger partial charge in [-0.05, 0) is 53.4 Å². The summed E-state index contributed by atoms with van der Waals surface area (Å²) in [5.41, 5.74) is 0.292. The lowest BCUT2D eigenvalue weighted by Crippen LogP contribution is -2.29. The lowest BCUT2D eigenvalue weighted by atomic mass is 10.0. The van der Waals surface area contributed by atoms with E-state index >= 15 is 0 Å². The van der Waals surface area contributed by atoms with Gasteiger partial charge in [0.05, 0.1) is 10.6 Å². The average molecular weight is 318 g/mol. The first-order chi connectivity index (χ1) is 8.40. The Labute approximate surface area is 115 Å². The molecule has 2 atom stereocenters. The van der Waals surface area contributed by atoms with Gasteiger partial charge in [0.2, 0.25) is 0 Å². The molecule has 1 rings (SSSR count). The Morgan fingerprint density at radius 3 is 2.72 bits per heavy atom. The highest BCUT2D eigenvalue weighted by atomic mass is 79.9. The molecule has 18 heavy (non-hydrogen) atoms. The Balaban J connectivity index is 2.52. The van der Waals surface area contributed by atoms with Crippen molar-refractivity contribution in [1.29, 1.82) is 0 Å². The molecule has 0 fully saturated rings. The smallest absolute Gasteiger partial charge is 0.251 e. The zero-order chi connectivity index (χ0) is 13.7. The van der Waals surface area contributed by atoms with E-state index in [0.29, 0.717) is 23.0 Å². The Hall–Kier alpha value is -0.940. The predicted octanol–water partition coefficient (Wildman–Crippen LogP) is 2.73. The van der Waals surface area contributed by atoms with E-state index in [4.69, 9.17) is 0 Å². The van der Waals surface area contributed by atoms with Crippen LogP contribution in [0.25, 0.3) is 0 Å². The lowest BCUT2D eigenvalue weighted by molar-refractivity contribution is 0.0939. The molecule has 0 saturated heterocycles. The Kier molecular flexibility index (Phi) is 5.75. The normalized spacial score (nSPS) is 14.1. The van der Waals surface area contributed by atoms with Gasteiger partial charge in [-0.2, -0.15) is 0 Å². The van der Waals surface area contributed by atoms with Gasteiger partial charge in [-0.3, -0.25) is 4.79 Å². The molecule has 1 aromatic rings. The van der Waals surface area contributed by atoms with Gasteiger partial charge in [-0.1, -0.05) is 6.92 Å². The number of halogens is 2.